The minimum atomic E-state index is -0.580. The Bertz CT molecular complexity index is 921. The van der Waals surface area contributed by atoms with E-state index in [0.717, 1.165) is 11.8 Å². The molecule has 0 aliphatic heterocycles. The van der Waals surface area contributed by atoms with Crippen molar-refractivity contribution in [2.75, 3.05) is 30.8 Å². The van der Waals surface area contributed by atoms with Crippen LogP contribution in [0.4, 0.5) is 21.7 Å². The van der Waals surface area contributed by atoms with Gasteiger partial charge >= 0.3 is 0 Å². The van der Waals surface area contributed by atoms with Gasteiger partial charge in [-0.3, -0.25) is 9.78 Å². The van der Waals surface area contributed by atoms with Crippen LogP contribution in [0.2, 0.25) is 0 Å². The maximum Gasteiger partial charge on any atom is 0.251 e. The van der Waals surface area contributed by atoms with Gasteiger partial charge in [-0.1, -0.05) is 0 Å². The summed E-state index contributed by atoms with van der Waals surface area (Å²) < 4.78 is 18.5. The van der Waals surface area contributed by atoms with Crippen LogP contribution in [0.15, 0.2) is 54.9 Å². The Morgan fingerprint density at radius 2 is 1.79 bits per heavy atom. The number of hydrogen-bond acceptors (Lipinski definition) is 7. The van der Waals surface area contributed by atoms with Gasteiger partial charge in [0.15, 0.2) is 17.4 Å². The minimum absolute atomic E-state index is 0.0960. The first-order chi connectivity index (χ1) is 13.7. The molecule has 2 heterocycles. The van der Waals surface area contributed by atoms with E-state index < -0.39 is 5.82 Å². The fourth-order valence-corrected chi connectivity index (χ4v) is 2.35. The molecule has 3 N–H and O–H groups in total. The summed E-state index contributed by atoms with van der Waals surface area (Å²) in [6.45, 7) is 0.779. The highest BCUT2D eigenvalue weighted by Gasteiger charge is 2.09. The Morgan fingerprint density at radius 3 is 2.46 bits per heavy atom. The van der Waals surface area contributed by atoms with E-state index in [1.165, 1.54) is 19.2 Å². The lowest BCUT2D eigenvalue weighted by Crippen LogP contribution is -2.29. The van der Waals surface area contributed by atoms with E-state index >= 15 is 0 Å². The number of ether oxygens (including phenoxy) is 1. The second kappa shape index (κ2) is 9.26. The Hall–Kier alpha value is -3.75. The Labute approximate surface area is 161 Å². The highest BCUT2D eigenvalue weighted by Crippen LogP contribution is 2.17. The molecule has 144 valence electrons. The van der Waals surface area contributed by atoms with Crippen LogP contribution < -0.4 is 20.7 Å². The number of aromatic nitrogens is 3. The molecule has 3 aromatic rings. The van der Waals surface area contributed by atoms with E-state index in [1.54, 1.807) is 24.5 Å². The Kier molecular flexibility index (Phi) is 6.29. The lowest BCUT2D eigenvalue weighted by molar-refractivity contribution is 0.0954. The predicted molar refractivity (Wildman–Crippen MR) is 103 cm³/mol. The van der Waals surface area contributed by atoms with Crippen molar-refractivity contribution in [2.45, 2.75) is 0 Å². The predicted octanol–water partition coefficient (Wildman–Crippen LogP) is 2.60. The van der Waals surface area contributed by atoms with Crippen LogP contribution in [0.25, 0.3) is 0 Å². The molecule has 8 nitrogen and oxygen atoms in total. The van der Waals surface area contributed by atoms with Gasteiger partial charge in [0, 0.05) is 36.7 Å². The van der Waals surface area contributed by atoms with Crippen LogP contribution >= 0.6 is 0 Å². The maximum atomic E-state index is 13.6. The first kappa shape index (κ1) is 19.0. The zero-order chi connectivity index (χ0) is 19.8. The van der Waals surface area contributed by atoms with Crippen molar-refractivity contribution in [3.05, 3.63) is 66.2 Å². The van der Waals surface area contributed by atoms with Crippen molar-refractivity contribution in [3.8, 4) is 5.75 Å². The lowest BCUT2D eigenvalue weighted by atomic mass is 10.2. The van der Waals surface area contributed by atoms with Crippen molar-refractivity contribution in [3.63, 3.8) is 0 Å². The zero-order valence-corrected chi connectivity index (χ0v) is 15.1. The summed E-state index contributed by atoms with van der Waals surface area (Å²) in [7, 11) is 1.37. The summed E-state index contributed by atoms with van der Waals surface area (Å²) in [5.74, 6) is 0.325. The summed E-state index contributed by atoms with van der Waals surface area (Å²) >= 11 is 0. The van der Waals surface area contributed by atoms with Gasteiger partial charge in [-0.25, -0.2) is 4.39 Å². The summed E-state index contributed by atoms with van der Waals surface area (Å²) in [4.78, 5) is 16.0. The Morgan fingerprint density at radius 1 is 1.04 bits per heavy atom. The van der Waals surface area contributed by atoms with E-state index in [0.29, 0.717) is 24.7 Å². The number of nitrogens with zero attached hydrogens (tertiary/aromatic N) is 3. The van der Waals surface area contributed by atoms with Crippen molar-refractivity contribution < 1.29 is 13.9 Å². The van der Waals surface area contributed by atoms with Crippen molar-refractivity contribution in [1.29, 1.82) is 0 Å². The fraction of sp³-hybridized carbons (Fsp3) is 0.158. The summed E-state index contributed by atoms with van der Waals surface area (Å²) in [5.41, 5.74) is 1.09. The highest BCUT2D eigenvalue weighted by molar-refractivity contribution is 5.94. The van der Waals surface area contributed by atoms with Gasteiger partial charge < -0.3 is 20.7 Å². The highest BCUT2D eigenvalue weighted by atomic mass is 19.1. The van der Waals surface area contributed by atoms with E-state index in [1.807, 2.05) is 12.1 Å². The normalized spacial score (nSPS) is 10.2. The first-order valence-electron chi connectivity index (χ1n) is 8.52. The van der Waals surface area contributed by atoms with Gasteiger partial charge in [0.1, 0.15) is 5.82 Å². The molecule has 0 saturated heterocycles. The third kappa shape index (κ3) is 5.13. The van der Waals surface area contributed by atoms with Crippen LogP contribution in [-0.2, 0) is 0 Å². The molecule has 9 heteroatoms. The van der Waals surface area contributed by atoms with Crippen LogP contribution in [-0.4, -0.2) is 41.3 Å². The third-order valence-corrected chi connectivity index (χ3v) is 3.75. The number of amides is 1. The molecular weight excluding hydrogens is 363 g/mol. The van der Waals surface area contributed by atoms with Crippen LogP contribution in [0.3, 0.4) is 0 Å². The maximum absolute atomic E-state index is 13.6. The molecule has 0 fully saturated rings. The molecule has 0 bridgehead atoms. The number of rotatable bonds is 8. The van der Waals surface area contributed by atoms with Gasteiger partial charge in [-0.15, -0.1) is 10.2 Å². The summed E-state index contributed by atoms with van der Waals surface area (Å²) in [6, 6.07) is 11.3. The lowest BCUT2D eigenvalue weighted by Gasteiger charge is -2.09. The molecule has 0 atom stereocenters. The molecule has 0 radical (unpaired) electrons. The number of hydrogen-bond donors (Lipinski definition) is 3. The topological polar surface area (TPSA) is 101 Å². The largest absolute Gasteiger partial charge is 0.494 e. The molecule has 3 rings (SSSR count). The number of nitrogens with one attached hydrogen (secondary N) is 3. The number of halogens is 1. The minimum Gasteiger partial charge on any atom is -0.494 e. The van der Waals surface area contributed by atoms with Crippen LogP contribution in [0.5, 0.6) is 5.75 Å². The van der Waals surface area contributed by atoms with Crippen molar-refractivity contribution >= 4 is 23.2 Å². The quantitative estimate of drug-likeness (QED) is 0.515. The first-order valence-corrected chi connectivity index (χ1v) is 8.52. The number of benzene rings is 1. The molecule has 1 amide bonds. The van der Waals surface area contributed by atoms with E-state index in [9.17, 15) is 9.18 Å². The summed E-state index contributed by atoms with van der Waals surface area (Å²) in [6.07, 6.45) is 3.36. The zero-order valence-electron chi connectivity index (χ0n) is 15.1. The van der Waals surface area contributed by atoms with E-state index in [-0.39, 0.29) is 17.2 Å². The molecule has 0 aliphatic rings. The average molecular weight is 382 g/mol. The van der Waals surface area contributed by atoms with Gasteiger partial charge in [-0.05, 0) is 42.5 Å². The number of carbonyl (C=O) groups is 1. The number of anilines is 3. The van der Waals surface area contributed by atoms with Gasteiger partial charge in [0.2, 0.25) is 0 Å². The van der Waals surface area contributed by atoms with Gasteiger partial charge in [-0.2, -0.15) is 0 Å². The van der Waals surface area contributed by atoms with E-state index in [2.05, 4.69) is 31.1 Å². The Balaban J connectivity index is 1.43. The van der Waals surface area contributed by atoms with Gasteiger partial charge in [0.25, 0.3) is 5.91 Å². The average Bonchev–Trinajstić information content (AvgIpc) is 2.73. The SMILES string of the molecule is COc1ccc(C(=O)NCCNc2ccc(Nc3ccncc3)nn2)cc1F. The number of methoxy groups -OCH3 is 1. The smallest absolute Gasteiger partial charge is 0.251 e. The van der Waals surface area contributed by atoms with E-state index in [4.69, 9.17) is 4.74 Å². The number of carbonyl (C=O) groups excluding carboxylic acids is 1. The molecule has 0 spiro atoms. The second-order valence-electron chi connectivity index (χ2n) is 5.70. The van der Waals surface area contributed by atoms with Crippen molar-refractivity contribution in [1.82, 2.24) is 20.5 Å². The van der Waals surface area contributed by atoms with Gasteiger partial charge in [0.05, 0.1) is 7.11 Å². The van der Waals surface area contributed by atoms with Crippen LogP contribution in [0.1, 0.15) is 10.4 Å². The third-order valence-electron chi connectivity index (χ3n) is 3.75. The molecule has 1 aromatic carbocycles. The standard InChI is InChI=1S/C19H19FN6O2/c1-28-16-3-2-13(12-15(16)20)19(27)23-11-10-22-17-4-5-18(26-25-17)24-14-6-8-21-9-7-14/h2-9,12H,10-11H2,1H3,(H,22,25)(H,23,27)(H,21,24,26). The molecular formula is C19H19FN6O2. The second-order valence-corrected chi connectivity index (χ2v) is 5.70. The number of pyridine rings is 1. The molecule has 2 aromatic heterocycles. The molecule has 0 saturated carbocycles. The van der Waals surface area contributed by atoms with Crippen LogP contribution in [0, 0.1) is 5.82 Å². The fourth-order valence-electron chi connectivity index (χ4n) is 2.35. The summed E-state index contributed by atoms with van der Waals surface area (Å²) in [5, 5.41) is 17.0. The molecule has 0 unspecified atom stereocenters. The van der Waals surface area contributed by atoms with Crippen molar-refractivity contribution in [2.24, 2.45) is 0 Å². The molecule has 0 aliphatic carbocycles. The molecule has 28 heavy (non-hydrogen) atoms. The monoisotopic (exact) mass is 382 g/mol.